The van der Waals surface area contributed by atoms with Gasteiger partial charge in [-0.25, -0.2) is 0 Å². The lowest BCUT2D eigenvalue weighted by Crippen LogP contribution is -2.50. The maximum atomic E-state index is 11.1. The highest BCUT2D eigenvalue weighted by atomic mass is 16.4. The standard InChI is InChI=1S/C10H20N4O2/c1-8(2)7-10(3,9(15)16)12-5-4-6-13-14-11/h8,12H,4-7H2,1-3H3,(H,15,16). The smallest absolute Gasteiger partial charge is 0.323 e. The topological polar surface area (TPSA) is 98.1 Å². The van der Waals surface area contributed by atoms with E-state index >= 15 is 0 Å². The van der Waals surface area contributed by atoms with Gasteiger partial charge in [0.25, 0.3) is 0 Å². The van der Waals surface area contributed by atoms with Crippen molar-refractivity contribution in [3.05, 3.63) is 10.4 Å². The van der Waals surface area contributed by atoms with Gasteiger partial charge in [-0.15, -0.1) is 0 Å². The van der Waals surface area contributed by atoms with Crippen LogP contribution in [0.3, 0.4) is 0 Å². The van der Waals surface area contributed by atoms with E-state index in [0.29, 0.717) is 31.8 Å². The highest BCUT2D eigenvalue weighted by Crippen LogP contribution is 2.16. The van der Waals surface area contributed by atoms with Gasteiger partial charge in [0.1, 0.15) is 5.54 Å². The molecule has 0 aliphatic heterocycles. The largest absolute Gasteiger partial charge is 0.480 e. The van der Waals surface area contributed by atoms with Gasteiger partial charge in [0, 0.05) is 11.5 Å². The average molecular weight is 228 g/mol. The van der Waals surface area contributed by atoms with E-state index < -0.39 is 11.5 Å². The summed E-state index contributed by atoms with van der Waals surface area (Å²) in [6, 6.07) is 0. The molecule has 16 heavy (non-hydrogen) atoms. The number of rotatable bonds is 8. The van der Waals surface area contributed by atoms with Crippen molar-refractivity contribution in [2.75, 3.05) is 13.1 Å². The van der Waals surface area contributed by atoms with Gasteiger partial charge in [-0.05, 0) is 37.8 Å². The van der Waals surface area contributed by atoms with Crippen LogP contribution >= 0.6 is 0 Å². The van der Waals surface area contributed by atoms with Gasteiger partial charge in [-0.3, -0.25) is 4.79 Å². The summed E-state index contributed by atoms with van der Waals surface area (Å²) in [5, 5.41) is 15.5. The van der Waals surface area contributed by atoms with Gasteiger partial charge in [0.05, 0.1) is 0 Å². The van der Waals surface area contributed by atoms with E-state index in [1.807, 2.05) is 13.8 Å². The summed E-state index contributed by atoms with van der Waals surface area (Å²) >= 11 is 0. The number of carboxylic acid groups (broad SMARTS) is 1. The molecule has 0 aromatic carbocycles. The summed E-state index contributed by atoms with van der Waals surface area (Å²) in [7, 11) is 0. The van der Waals surface area contributed by atoms with E-state index in [9.17, 15) is 4.79 Å². The molecule has 1 unspecified atom stereocenters. The predicted octanol–water partition coefficient (Wildman–Crippen LogP) is 2.17. The molecule has 0 radical (unpaired) electrons. The zero-order valence-electron chi connectivity index (χ0n) is 10.1. The molecule has 0 spiro atoms. The van der Waals surface area contributed by atoms with Crippen LogP contribution in [0.2, 0.25) is 0 Å². The number of hydrogen-bond acceptors (Lipinski definition) is 3. The molecule has 92 valence electrons. The minimum Gasteiger partial charge on any atom is -0.480 e. The molecule has 6 heteroatoms. The second kappa shape index (κ2) is 7.09. The molecule has 0 fully saturated rings. The van der Waals surface area contributed by atoms with Crippen LogP contribution in [0.4, 0.5) is 0 Å². The lowest BCUT2D eigenvalue weighted by molar-refractivity contribution is -0.144. The molecule has 0 amide bonds. The van der Waals surface area contributed by atoms with Gasteiger partial charge in [0.15, 0.2) is 0 Å². The van der Waals surface area contributed by atoms with Crippen molar-refractivity contribution in [1.82, 2.24) is 5.32 Å². The molecule has 0 saturated heterocycles. The maximum absolute atomic E-state index is 11.1. The van der Waals surface area contributed by atoms with Crippen LogP contribution in [0.5, 0.6) is 0 Å². The molecule has 0 rings (SSSR count). The highest BCUT2D eigenvalue weighted by Gasteiger charge is 2.32. The van der Waals surface area contributed by atoms with Crippen molar-refractivity contribution in [3.63, 3.8) is 0 Å². The number of carbonyl (C=O) groups is 1. The van der Waals surface area contributed by atoms with Crippen LogP contribution in [-0.4, -0.2) is 29.7 Å². The van der Waals surface area contributed by atoms with Crippen molar-refractivity contribution in [2.24, 2.45) is 11.0 Å². The number of nitrogens with zero attached hydrogens (tertiary/aromatic N) is 3. The fourth-order valence-electron chi connectivity index (χ4n) is 1.61. The third-order valence-electron chi connectivity index (χ3n) is 2.30. The van der Waals surface area contributed by atoms with Crippen LogP contribution in [0, 0.1) is 5.92 Å². The number of hydrogen-bond donors (Lipinski definition) is 2. The predicted molar refractivity (Wildman–Crippen MR) is 62.1 cm³/mol. The Morgan fingerprint density at radius 3 is 2.69 bits per heavy atom. The first-order valence-corrected chi connectivity index (χ1v) is 5.41. The molecule has 0 aliphatic rings. The zero-order valence-corrected chi connectivity index (χ0v) is 10.1. The molecule has 0 aromatic rings. The molecule has 0 aliphatic carbocycles. The summed E-state index contributed by atoms with van der Waals surface area (Å²) in [6.07, 6.45) is 1.22. The molecule has 0 aromatic heterocycles. The Hall–Kier alpha value is -1.26. The van der Waals surface area contributed by atoms with E-state index in [0.717, 1.165) is 0 Å². The summed E-state index contributed by atoms with van der Waals surface area (Å²) < 4.78 is 0. The second-order valence-corrected chi connectivity index (χ2v) is 4.47. The van der Waals surface area contributed by atoms with Crippen molar-refractivity contribution >= 4 is 5.97 Å². The molecular weight excluding hydrogens is 208 g/mol. The van der Waals surface area contributed by atoms with Gasteiger partial charge in [-0.1, -0.05) is 19.0 Å². The number of azide groups is 1. The normalized spacial score (nSPS) is 14.2. The van der Waals surface area contributed by atoms with E-state index in [4.69, 9.17) is 10.6 Å². The summed E-state index contributed by atoms with van der Waals surface area (Å²) in [5.41, 5.74) is 7.18. The second-order valence-electron chi connectivity index (χ2n) is 4.47. The monoisotopic (exact) mass is 228 g/mol. The number of carboxylic acids is 1. The molecular formula is C10H20N4O2. The zero-order chi connectivity index (χ0) is 12.6. The SMILES string of the molecule is CC(C)CC(C)(NCCCN=[N+]=[N-])C(=O)O. The molecule has 2 N–H and O–H groups in total. The Bertz CT molecular complexity index is 274. The quantitative estimate of drug-likeness (QED) is 0.288. The van der Waals surface area contributed by atoms with Crippen molar-refractivity contribution < 1.29 is 9.90 Å². The first-order valence-electron chi connectivity index (χ1n) is 5.41. The minimum absolute atomic E-state index is 0.311. The first-order chi connectivity index (χ1) is 7.42. The van der Waals surface area contributed by atoms with E-state index in [-0.39, 0.29) is 0 Å². The van der Waals surface area contributed by atoms with Crippen LogP contribution in [0.1, 0.15) is 33.6 Å². The van der Waals surface area contributed by atoms with Crippen LogP contribution in [-0.2, 0) is 4.79 Å². The first kappa shape index (κ1) is 14.7. The Kier molecular flexibility index (Phi) is 6.53. The summed E-state index contributed by atoms with van der Waals surface area (Å²) in [5.74, 6) is -0.532. The van der Waals surface area contributed by atoms with Gasteiger partial charge in [0.2, 0.25) is 0 Å². The lowest BCUT2D eigenvalue weighted by Gasteiger charge is -2.28. The van der Waals surface area contributed by atoms with Crippen LogP contribution in [0.15, 0.2) is 5.11 Å². The Labute approximate surface area is 95.7 Å². The van der Waals surface area contributed by atoms with E-state index in [2.05, 4.69) is 15.3 Å². The fourth-order valence-corrected chi connectivity index (χ4v) is 1.61. The number of aliphatic carboxylic acids is 1. The molecule has 0 heterocycles. The molecule has 1 atom stereocenters. The summed E-state index contributed by atoms with van der Waals surface area (Å²) in [4.78, 5) is 13.8. The molecule has 6 nitrogen and oxygen atoms in total. The van der Waals surface area contributed by atoms with Gasteiger partial charge < -0.3 is 10.4 Å². The fraction of sp³-hybridized carbons (Fsp3) is 0.900. The molecule has 0 bridgehead atoms. The van der Waals surface area contributed by atoms with E-state index in [1.165, 1.54) is 0 Å². The average Bonchev–Trinajstić information content (AvgIpc) is 2.16. The highest BCUT2D eigenvalue weighted by molar-refractivity contribution is 5.78. The Morgan fingerprint density at radius 1 is 1.62 bits per heavy atom. The maximum Gasteiger partial charge on any atom is 0.323 e. The lowest BCUT2D eigenvalue weighted by atomic mass is 9.90. The Balaban J connectivity index is 4.12. The Morgan fingerprint density at radius 2 is 2.25 bits per heavy atom. The van der Waals surface area contributed by atoms with Gasteiger partial charge >= 0.3 is 5.97 Å². The van der Waals surface area contributed by atoms with Crippen LogP contribution < -0.4 is 5.32 Å². The van der Waals surface area contributed by atoms with Gasteiger partial charge in [-0.2, -0.15) is 0 Å². The van der Waals surface area contributed by atoms with Crippen molar-refractivity contribution in [1.29, 1.82) is 0 Å². The molecule has 0 saturated carbocycles. The number of nitrogens with one attached hydrogen (secondary N) is 1. The summed E-state index contributed by atoms with van der Waals surface area (Å²) in [6.45, 7) is 6.59. The van der Waals surface area contributed by atoms with E-state index in [1.54, 1.807) is 6.92 Å². The van der Waals surface area contributed by atoms with Crippen molar-refractivity contribution in [3.8, 4) is 0 Å². The third-order valence-corrected chi connectivity index (χ3v) is 2.30. The van der Waals surface area contributed by atoms with Crippen molar-refractivity contribution in [2.45, 2.75) is 39.2 Å². The third kappa shape index (κ3) is 5.58. The minimum atomic E-state index is -0.898. The van der Waals surface area contributed by atoms with Crippen LogP contribution in [0.25, 0.3) is 10.4 Å².